The lowest BCUT2D eigenvalue weighted by molar-refractivity contribution is -0.123. The summed E-state index contributed by atoms with van der Waals surface area (Å²) < 4.78 is 0. The summed E-state index contributed by atoms with van der Waals surface area (Å²) in [6.07, 6.45) is 2.41. The number of aryl methyl sites for hydroxylation is 1. The Morgan fingerprint density at radius 2 is 2.13 bits per heavy atom. The molecule has 1 aromatic heterocycles. The van der Waals surface area contributed by atoms with Gasteiger partial charge in [0.05, 0.1) is 6.04 Å². The van der Waals surface area contributed by atoms with Gasteiger partial charge in [0.15, 0.2) is 0 Å². The Hall–Kier alpha value is -1.65. The van der Waals surface area contributed by atoms with E-state index in [4.69, 9.17) is 5.11 Å². The number of hydrogen-bond donors (Lipinski definition) is 2. The number of aliphatic hydroxyl groups excluding tert-OH is 1. The third-order valence-corrected chi connectivity index (χ3v) is 5.69. The number of thiophene rings is 1. The van der Waals surface area contributed by atoms with Crippen molar-refractivity contribution < 1.29 is 9.90 Å². The first-order chi connectivity index (χ1) is 11.2. The number of benzene rings is 1. The predicted molar refractivity (Wildman–Crippen MR) is 93.5 cm³/mol. The molecule has 4 heteroatoms. The van der Waals surface area contributed by atoms with E-state index in [1.165, 1.54) is 10.4 Å². The van der Waals surface area contributed by atoms with Crippen molar-refractivity contribution in [3.8, 4) is 0 Å². The fraction of sp³-hybridized carbons (Fsp3) is 0.421. The molecule has 3 rings (SSSR count). The SMILES string of the molecule is Cc1ccsc1C1CC1C(=O)NC(CCCO)c1ccccc1. The number of hydrogen-bond acceptors (Lipinski definition) is 3. The van der Waals surface area contributed by atoms with Crippen LogP contribution in [0.5, 0.6) is 0 Å². The number of nitrogens with one attached hydrogen (secondary N) is 1. The quantitative estimate of drug-likeness (QED) is 0.812. The highest BCUT2D eigenvalue weighted by atomic mass is 32.1. The minimum atomic E-state index is -0.0125. The smallest absolute Gasteiger partial charge is 0.224 e. The normalized spacial score (nSPS) is 21.0. The maximum atomic E-state index is 12.6. The van der Waals surface area contributed by atoms with E-state index in [0.717, 1.165) is 18.4 Å². The minimum Gasteiger partial charge on any atom is -0.396 e. The van der Waals surface area contributed by atoms with Gasteiger partial charge in [-0.05, 0) is 48.8 Å². The molecular weight excluding hydrogens is 306 g/mol. The predicted octanol–water partition coefficient (Wildman–Crippen LogP) is 3.79. The molecule has 0 saturated heterocycles. The number of carbonyl (C=O) groups excluding carboxylic acids is 1. The molecule has 1 amide bonds. The topological polar surface area (TPSA) is 49.3 Å². The molecule has 0 spiro atoms. The van der Waals surface area contributed by atoms with Crippen molar-refractivity contribution in [2.24, 2.45) is 5.92 Å². The van der Waals surface area contributed by atoms with Crippen molar-refractivity contribution in [3.05, 3.63) is 57.8 Å². The molecule has 122 valence electrons. The molecular formula is C19H23NO2S. The molecule has 3 unspecified atom stereocenters. The average Bonchev–Trinajstić information content (AvgIpc) is 3.26. The summed E-state index contributed by atoms with van der Waals surface area (Å²) in [5, 5.41) is 14.4. The van der Waals surface area contributed by atoms with Gasteiger partial charge in [-0.2, -0.15) is 0 Å². The third kappa shape index (κ3) is 3.82. The van der Waals surface area contributed by atoms with E-state index in [1.807, 2.05) is 30.3 Å². The van der Waals surface area contributed by atoms with Crippen LogP contribution in [0.1, 0.15) is 47.2 Å². The summed E-state index contributed by atoms with van der Waals surface area (Å²) in [7, 11) is 0. The number of aliphatic hydroxyl groups is 1. The van der Waals surface area contributed by atoms with Crippen LogP contribution in [-0.4, -0.2) is 17.6 Å². The third-order valence-electron chi connectivity index (χ3n) is 4.54. The Balaban J connectivity index is 1.64. The van der Waals surface area contributed by atoms with E-state index in [2.05, 4.69) is 23.7 Å². The van der Waals surface area contributed by atoms with E-state index in [0.29, 0.717) is 12.3 Å². The summed E-state index contributed by atoms with van der Waals surface area (Å²) in [5.74, 6) is 0.645. The second-order valence-electron chi connectivity index (χ2n) is 6.25. The Kier molecular flexibility index (Phi) is 5.13. The van der Waals surface area contributed by atoms with Crippen LogP contribution < -0.4 is 5.32 Å². The van der Waals surface area contributed by atoms with Crippen LogP contribution >= 0.6 is 11.3 Å². The van der Waals surface area contributed by atoms with Crippen LogP contribution in [0.2, 0.25) is 0 Å². The molecule has 1 fully saturated rings. The molecule has 1 saturated carbocycles. The summed E-state index contributed by atoms with van der Waals surface area (Å²) in [6.45, 7) is 2.27. The van der Waals surface area contributed by atoms with Crippen molar-refractivity contribution in [1.82, 2.24) is 5.32 Å². The molecule has 1 heterocycles. The zero-order valence-corrected chi connectivity index (χ0v) is 14.2. The Morgan fingerprint density at radius 3 is 2.78 bits per heavy atom. The lowest BCUT2D eigenvalue weighted by Crippen LogP contribution is -2.30. The number of rotatable bonds is 7. The first-order valence-corrected chi connectivity index (χ1v) is 9.09. The first kappa shape index (κ1) is 16.2. The van der Waals surface area contributed by atoms with Gasteiger partial charge < -0.3 is 10.4 Å². The maximum absolute atomic E-state index is 12.6. The molecule has 2 N–H and O–H groups in total. The first-order valence-electron chi connectivity index (χ1n) is 8.21. The van der Waals surface area contributed by atoms with Gasteiger partial charge in [-0.1, -0.05) is 30.3 Å². The van der Waals surface area contributed by atoms with Gasteiger partial charge in [-0.15, -0.1) is 11.3 Å². The fourth-order valence-electron chi connectivity index (χ4n) is 3.12. The molecule has 3 nitrogen and oxygen atoms in total. The van der Waals surface area contributed by atoms with Gasteiger partial charge in [-0.3, -0.25) is 4.79 Å². The van der Waals surface area contributed by atoms with Crippen molar-refractivity contribution in [3.63, 3.8) is 0 Å². The standard InChI is InChI=1S/C19H23NO2S/c1-13-9-11-23-18(13)15-12-16(15)19(22)20-17(8-5-10-21)14-6-3-2-4-7-14/h2-4,6-7,9,11,15-17,21H,5,8,10,12H2,1H3,(H,20,22). The van der Waals surface area contributed by atoms with Gasteiger partial charge in [0.1, 0.15) is 0 Å². The lowest BCUT2D eigenvalue weighted by Gasteiger charge is -2.19. The van der Waals surface area contributed by atoms with E-state index < -0.39 is 0 Å². The summed E-state index contributed by atoms with van der Waals surface area (Å²) in [4.78, 5) is 14.0. The van der Waals surface area contributed by atoms with Gasteiger partial charge in [0.25, 0.3) is 0 Å². The Labute approximate surface area is 141 Å². The highest BCUT2D eigenvalue weighted by Crippen LogP contribution is 2.50. The molecule has 0 bridgehead atoms. The van der Waals surface area contributed by atoms with Crippen LogP contribution in [0.25, 0.3) is 0 Å². The molecule has 1 aromatic carbocycles. The maximum Gasteiger partial charge on any atom is 0.224 e. The second kappa shape index (κ2) is 7.28. The van der Waals surface area contributed by atoms with Gasteiger partial charge in [-0.25, -0.2) is 0 Å². The highest BCUT2D eigenvalue weighted by Gasteiger charge is 2.45. The van der Waals surface area contributed by atoms with Crippen molar-refractivity contribution in [2.75, 3.05) is 6.61 Å². The van der Waals surface area contributed by atoms with E-state index in [1.54, 1.807) is 11.3 Å². The van der Waals surface area contributed by atoms with Gasteiger partial charge in [0, 0.05) is 23.3 Å². The van der Waals surface area contributed by atoms with Crippen molar-refractivity contribution >= 4 is 17.2 Å². The highest BCUT2D eigenvalue weighted by molar-refractivity contribution is 7.10. The molecule has 1 aliphatic carbocycles. The monoisotopic (exact) mass is 329 g/mol. The lowest BCUT2D eigenvalue weighted by atomic mass is 10.0. The molecule has 23 heavy (non-hydrogen) atoms. The Morgan fingerprint density at radius 1 is 1.35 bits per heavy atom. The average molecular weight is 329 g/mol. The van der Waals surface area contributed by atoms with Crippen LogP contribution in [0, 0.1) is 12.8 Å². The summed E-state index contributed by atoms with van der Waals surface area (Å²) >= 11 is 1.76. The van der Waals surface area contributed by atoms with Crippen molar-refractivity contribution in [2.45, 2.75) is 38.1 Å². The zero-order chi connectivity index (χ0) is 16.2. The van der Waals surface area contributed by atoms with Crippen molar-refractivity contribution in [1.29, 1.82) is 0 Å². The van der Waals surface area contributed by atoms with E-state index >= 15 is 0 Å². The zero-order valence-electron chi connectivity index (χ0n) is 13.4. The fourth-order valence-corrected chi connectivity index (χ4v) is 4.23. The van der Waals surface area contributed by atoms with Gasteiger partial charge in [0.2, 0.25) is 5.91 Å². The van der Waals surface area contributed by atoms with Crippen LogP contribution in [0.3, 0.4) is 0 Å². The van der Waals surface area contributed by atoms with E-state index in [9.17, 15) is 4.79 Å². The number of carbonyl (C=O) groups is 1. The largest absolute Gasteiger partial charge is 0.396 e. The minimum absolute atomic E-state index is 0.0125. The molecule has 0 radical (unpaired) electrons. The van der Waals surface area contributed by atoms with Gasteiger partial charge >= 0.3 is 0 Å². The second-order valence-corrected chi connectivity index (χ2v) is 7.20. The van der Waals surface area contributed by atoms with Crippen LogP contribution in [0.15, 0.2) is 41.8 Å². The van der Waals surface area contributed by atoms with Crippen LogP contribution in [0.4, 0.5) is 0 Å². The summed E-state index contributed by atoms with van der Waals surface area (Å²) in [5.41, 5.74) is 2.41. The van der Waals surface area contributed by atoms with Crippen LogP contribution in [-0.2, 0) is 4.79 Å². The molecule has 2 aromatic rings. The molecule has 3 atom stereocenters. The Bertz CT molecular complexity index is 652. The molecule has 0 aliphatic heterocycles. The molecule has 1 aliphatic rings. The van der Waals surface area contributed by atoms with E-state index in [-0.39, 0.29) is 24.5 Å². The summed E-state index contributed by atoms with van der Waals surface area (Å²) in [6, 6.07) is 12.1. The number of amides is 1.